The second kappa shape index (κ2) is 5.19. The molecule has 0 saturated carbocycles. The zero-order chi connectivity index (χ0) is 16.9. The van der Waals surface area contributed by atoms with Gasteiger partial charge in [0.15, 0.2) is 0 Å². The fourth-order valence-electron chi connectivity index (χ4n) is 3.46. The molecular weight excluding hydrogens is 302 g/mol. The Bertz CT molecular complexity index is 934. The second-order valence-corrected chi connectivity index (χ2v) is 7.26. The van der Waals surface area contributed by atoms with Gasteiger partial charge in [0.05, 0.1) is 5.69 Å². The fourth-order valence-corrected chi connectivity index (χ4v) is 3.46. The van der Waals surface area contributed by atoms with Crippen molar-refractivity contribution < 1.29 is 4.79 Å². The molecule has 3 heterocycles. The lowest BCUT2D eigenvalue weighted by Crippen LogP contribution is -2.21. The van der Waals surface area contributed by atoms with E-state index in [4.69, 9.17) is 0 Å². The number of rotatable bonds is 2. The molecule has 0 fully saturated rings. The standard InChI is InChI=1S/C18H21N5O/c1-18(2)7-6-12-13(8-18)21-22-16(12)11-4-5-15-20-14(17(24)19-3)10-23(15)9-11/h4-5,9-10H,6-8H2,1-3H3,(H,19,24)(H,21,22). The van der Waals surface area contributed by atoms with E-state index in [1.165, 1.54) is 17.7 Å². The summed E-state index contributed by atoms with van der Waals surface area (Å²) in [6, 6.07) is 3.95. The largest absolute Gasteiger partial charge is 0.354 e. The maximum absolute atomic E-state index is 11.7. The molecule has 0 spiro atoms. The Morgan fingerprint density at radius 3 is 2.96 bits per heavy atom. The molecule has 1 aliphatic rings. The first kappa shape index (κ1) is 14.9. The van der Waals surface area contributed by atoms with Gasteiger partial charge in [-0.15, -0.1) is 0 Å². The highest BCUT2D eigenvalue weighted by Crippen LogP contribution is 2.37. The van der Waals surface area contributed by atoms with E-state index in [1.807, 2.05) is 22.7 Å². The summed E-state index contributed by atoms with van der Waals surface area (Å²) in [5.41, 5.74) is 6.12. The van der Waals surface area contributed by atoms with Crippen LogP contribution in [0.25, 0.3) is 16.9 Å². The van der Waals surface area contributed by atoms with Gasteiger partial charge >= 0.3 is 0 Å². The number of carbonyl (C=O) groups excluding carboxylic acids is 1. The topological polar surface area (TPSA) is 75.1 Å². The molecule has 0 aliphatic heterocycles. The van der Waals surface area contributed by atoms with Crippen LogP contribution in [0.1, 0.15) is 42.0 Å². The number of imidazole rings is 1. The summed E-state index contributed by atoms with van der Waals surface area (Å²) in [4.78, 5) is 16.1. The molecule has 0 radical (unpaired) electrons. The van der Waals surface area contributed by atoms with Crippen molar-refractivity contribution >= 4 is 11.6 Å². The number of nitrogens with zero attached hydrogens (tertiary/aromatic N) is 3. The molecule has 3 aromatic rings. The molecule has 6 nitrogen and oxygen atoms in total. The molecule has 3 aromatic heterocycles. The minimum atomic E-state index is -0.181. The number of aromatic nitrogens is 4. The van der Waals surface area contributed by atoms with E-state index in [0.29, 0.717) is 11.1 Å². The molecule has 0 bridgehead atoms. The minimum Gasteiger partial charge on any atom is -0.354 e. The van der Waals surface area contributed by atoms with Crippen LogP contribution >= 0.6 is 0 Å². The van der Waals surface area contributed by atoms with Gasteiger partial charge in [-0.05, 0) is 36.8 Å². The number of carbonyl (C=O) groups is 1. The molecule has 2 N–H and O–H groups in total. The number of pyridine rings is 1. The highest BCUT2D eigenvalue weighted by Gasteiger charge is 2.29. The summed E-state index contributed by atoms with van der Waals surface area (Å²) < 4.78 is 1.88. The average Bonchev–Trinajstić information content (AvgIpc) is 3.15. The smallest absolute Gasteiger partial charge is 0.271 e. The highest BCUT2D eigenvalue weighted by molar-refractivity contribution is 5.92. The van der Waals surface area contributed by atoms with Gasteiger partial charge in [0.2, 0.25) is 0 Å². The molecule has 0 aromatic carbocycles. The van der Waals surface area contributed by atoms with Crippen LogP contribution in [0.4, 0.5) is 0 Å². The SMILES string of the molecule is CNC(=O)c1cn2cc(-c3n[nH]c4c3CCC(C)(C)C4)ccc2n1. The van der Waals surface area contributed by atoms with Crippen molar-refractivity contribution in [2.45, 2.75) is 33.1 Å². The van der Waals surface area contributed by atoms with Crippen LogP contribution in [0, 0.1) is 5.41 Å². The maximum atomic E-state index is 11.7. The van der Waals surface area contributed by atoms with E-state index in [9.17, 15) is 4.79 Å². The van der Waals surface area contributed by atoms with Crippen LogP contribution in [0.15, 0.2) is 24.5 Å². The zero-order valence-corrected chi connectivity index (χ0v) is 14.2. The predicted octanol–water partition coefficient (Wildman–Crippen LogP) is 2.60. The molecule has 4 rings (SSSR count). The molecule has 124 valence electrons. The molecule has 0 saturated heterocycles. The first-order valence-corrected chi connectivity index (χ1v) is 8.24. The summed E-state index contributed by atoms with van der Waals surface area (Å²) in [5.74, 6) is -0.181. The van der Waals surface area contributed by atoms with E-state index >= 15 is 0 Å². The van der Waals surface area contributed by atoms with Crippen molar-refractivity contribution in [3.8, 4) is 11.3 Å². The Morgan fingerprint density at radius 2 is 2.17 bits per heavy atom. The first-order valence-electron chi connectivity index (χ1n) is 8.24. The molecular formula is C18H21N5O. The van der Waals surface area contributed by atoms with E-state index in [0.717, 1.165) is 29.7 Å². The van der Waals surface area contributed by atoms with Gasteiger partial charge in [-0.3, -0.25) is 9.89 Å². The zero-order valence-electron chi connectivity index (χ0n) is 14.2. The van der Waals surface area contributed by atoms with Crippen molar-refractivity contribution in [2.75, 3.05) is 7.05 Å². The highest BCUT2D eigenvalue weighted by atomic mass is 16.1. The first-order chi connectivity index (χ1) is 11.5. The van der Waals surface area contributed by atoms with Crippen LogP contribution in [-0.4, -0.2) is 32.5 Å². The number of nitrogens with one attached hydrogen (secondary N) is 2. The fraction of sp³-hybridized carbons (Fsp3) is 0.389. The molecule has 6 heteroatoms. The summed E-state index contributed by atoms with van der Waals surface area (Å²) in [6.07, 6.45) is 6.98. The number of H-pyrrole nitrogens is 1. The van der Waals surface area contributed by atoms with Crippen LogP contribution in [0.5, 0.6) is 0 Å². The third kappa shape index (κ3) is 2.38. The summed E-state index contributed by atoms with van der Waals surface area (Å²) >= 11 is 0. The number of fused-ring (bicyclic) bond motifs is 2. The van der Waals surface area contributed by atoms with E-state index < -0.39 is 0 Å². The van der Waals surface area contributed by atoms with Crippen LogP contribution < -0.4 is 5.32 Å². The van der Waals surface area contributed by atoms with Gasteiger partial charge in [0, 0.05) is 36.3 Å². The van der Waals surface area contributed by atoms with Crippen molar-refractivity contribution in [3.63, 3.8) is 0 Å². The van der Waals surface area contributed by atoms with Gasteiger partial charge in [-0.1, -0.05) is 13.8 Å². The number of hydrogen-bond acceptors (Lipinski definition) is 3. The predicted molar refractivity (Wildman–Crippen MR) is 92.0 cm³/mol. The quantitative estimate of drug-likeness (QED) is 0.761. The Morgan fingerprint density at radius 1 is 1.33 bits per heavy atom. The number of aromatic amines is 1. The Labute approximate surface area is 140 Å². The van der Waals surface area contributed by atoms with Crippen molar-refractivity contribution in [1.82, 2.24) is 24.9 Å². The maximum Gasteiger partial charge on any atom is 0.271 e. The molecule has 24 heavy (non-hydrogen) atoms. The summed E-state index contributed by atoms with van der Waals surface area (Å²) in [6.45, 7) is 4.60. The summed E-state index contributed by atoms with van der Waals surface area (Å²) in [5, 5.41) is 10.4. The van der Waals surface area contributed by atoms with Crippen LogP contribution in [-0.2, 0) is 12.8 Å². The Kier molecular flexibility index (Phi) is 3.23. The average molecular weight is 323 g/mol. The lowest BCUT2D eigenvalue weighted by atomic mass is 9.76. The van der Waals surface area contributed by atoms with Crippen molar-refractivity contribution in [3.05, 3.63) is 41.5 Å². The van der Waals surface area contributed by atoms with Crippen molar-refractivity contribution in [1.29, 1.82) is 0 Å². The van der Waals surface area contributed by atoms with Gasteiger partial charge in [0.1, 0.15) is 11.3 Å². The molecule has 1 amide bonds. The van der Waals surface area contributed by atoms with E-state index in [2.05, 4.69) is 34.3 Å². The van der Waals surface area contributed by atoms with Gasteiger partial charge < -0.3 is 9.72 Å². The number of hydrogen-bond donors (Lipinski definition) is 2. The monoisotopic (exact) mass is 323 g/mol. The molecule has 0 atom stereocenters. The lowest BCUT2D eigenvalue weighted by molar-refractivity contribution is 0.0959. The van der Waals surface area contributed by atoms with Crippen LogP contribution in [0.3, 0.4) is 0 Å². The van der Waals surface area contributed by atoms with Gasteiger partial charge in [0.25, 0.3) is 5.91 Å². The third-order valence-electron chi connectivity index (χ3n) is 4.84. The lowest BCUT2D eigenvalue weighted by Gasteiger charge is -2.29. The van der Waals surface area contributed by atoms with E-state index in [1.54, 1.807) is 13.2 Å². The Hall–Kier alpha value is -2.63. The third-order valence-corrected chi connectivity index (χ3v) is 4.84. The Balaban J connectivity index is 1.75. The summed E-state index contributed by atoms with van der Waals surface area (Å²) in [7, 11) is 1.61. The van der Waals surface area contributed by atoms with Crippen LogP contribution in [0.2, 0.25) is 0 Å². The second-order valence-electron chi connectivity index (χ2n) is 7.26. The van der Waals surface area contributed by atoms with E-state index in [-0.39, 0.29) is 5.91 Å². The number of amides is 1. The molecule has 1 aliphatic carbocycles. The van der Waals surface area contributed by atoms with Gasteiger partial charge in [-0.2, -0.15) is 5.10 Å². The molecule has 0 unspecified atom stereocenters. The normalized spacial score (nSPS) is 16.1. The van der Waals surface area contributed by atoms with Crippen molar-refractivity contribution in [2.24, 2.45) is 5.41 Å². The van der Waals surface area contributed by atoms with Gasteiger partial charge in [-0.25, -0.2) is 4.98 Å². The minimum absolute atomic E-state index is 0.181.